The second-order valence-electron chi connectivity index (χ2n) is 7.49. The number of aliphatic hydroxyl groups is 1. The highest BCUT2D eigenvalue weighted by Gasteiger charge is 2.46. The highest BCUT2D eigenvalue weighted by atomic mass is 19.1. The van der Waals surface area contributed by atoms with Gasteiger partial charge in [0.25, 0.3) is 11.7 Å². The summed E-state index contributed by atoms with van der Waals surface area (Å²) in [6.45, 7) is 2.34. The van der Waals surface area contributed by atoms with E-state index >= 15 is 0 Å². The van der Waals surface area contributed by atoms with E-state index in [1.807, 2.05) is 6.92 Å². The van der Waals surface area contributed by atoms with E-state index in [-0.39, 0.29) is 30.6 Å². The van der Waals surface area contributed by atoms with Gasteiger partial charge in [0.2, 0.25) is 0 Å². The normalized spacial score (nSPS) is 22.3. The number of amides is 1. The van der Waals surface area contributed by atoms with Crippen molar-refractivity contribution >= 4 is 17.4 Å². The van der Waals surface area contributed by atoms with Crippen LogP contribution < -0.4 is 4.74 Å². The summed E-state index contributed by atoms with van der Waals surface area (Å²) < 4.78 is 24.2. The molecule has 2 aromatic rings. The first-order valence-electron chi connectivity index (χ1n) is 9.73. The van der Waals surface area contributed by atoms with Crippen LogP contribution in [0.4, 0.5) is 4.39 Å². The monoisotopic (exact) mass is 411 g/mol. The van der Waals surface area contributed by atoms with Crippen molar-refractivity contribution < 1.29 is 28.6 Å². The number of aliphatic hydroxyl groups excluding tert-OH is 1. The molecule has 1 fully saturated rings. The molecule has 0 radical (unpaired) electrons. The van der Waals surface area contributed by atoms with Crippen molar-refractivity contribution in [2.45, 2.75) is 25.5 Å². The number of ketones is 1. The fourth-order valence-corrected chi connectivity index (χ4v) is 4.02. The van der Waals surface area contributed by atoms with E-state index in [2.05, 4.69) is 0 Å². The smallest absolute Gasteiger partial charge is 0.295 e. The number of hydrogen-bond donors (Lipinski definition) is 1. The predicted molar refractivity (Wildman–Crippen MR) is 108 cm³/mol. The molecule has 2 aliphatic heterocycles. The molecule has 1 N–H and O–H groups in total. The fourth-order valence-electron chi connectivity index (χ4n) is 4.02. The minimum Gasteiger partial charge on any atom is -0.507 e. The Kier molecular flexibility index (Phi) is 5.30. The van der Waals surface area contributed by atoms with Crippen LogP contribution in [0.5, 0.6) is 5.75 Å². The van der Waals surface area contributed by atoms with E-state index in [4.69, 9.17) is 9.47 Å². The Morgan fingerprint density at radius 2 is 1.97 bits per heavy atom. The Labute approximate surface area is 173 Å². The summed E-state index contributed by atoms with van der Waals surface area (Å²) in [5, 5.41) is 11.1. The number of benzene rings is 2. The number of fused-ring (bicyclic) bond motifs is 1. The molecular formula is C23H22FNO5. The van der Waals surface area contributed by atoms with E-state index in [1.165, 1.54) is 36.3 Å². The lowest BCUT2D eigenvalue weighted by molar-refractivity contribution is -0.140. The zero-order valence-electron chi connectivity index (χ0n) is 16.7. The van der Waals surface area contributed by atoms with Crippen molar-refractivity contribution in [1.82, 2.24) is 4.90 Å². The van der Waals surface area contributed by atoms with Crippen molar-refractivity contribution in [2.24, 2.45) is 0 Å². The Hall–Kier alpha value is -3.19. The second-order valence-corrected chi connectivity index (χ2v) is 7.49. The average Bonchev–Trinajstić information content (AvgIpc) is 3.22. The quantitative estimate of drug-likeness (QED) is 0.465. The van der Waals surface area contributed by atoms with Gasteiger partial charge >= 0.3 is 0 Å². The predicted octanol–water partition coefficient (Wildman–Crippen LogP) is 3.22. The number of Topliss-reactive ketones (excluding diaryl/α,β-unsaturated/α-hetero) is 1. The molecule has 0 saturated carbocycles. The minimum atomic E-state index is -0.829. The van der Waals surface area contributed by atoms with Crippen LogP contribution in [0.1, 0.15) is 29.7 Å². The zero-order chi connectivity index (χ0) is 21.4. The van der Waals surface area contributed by atoms with E-state index in [0.717, 1.165) is 11.3 Å². The molecule has 0 aromatic heterocycles. The Morgan fingerprint density at radius 3 is 2.67 bits per heavy atom. The van der Waals surface area contributed by atoms with Crippen LogP contribution in [0.15, 0.2) is 48.0 Å². The van der Waals surface area contributed by atoms with E-state index in [0.29, 0.717) is 17.5 Å². The molecule has 2 heterocycles. The SMILES string of the molecule is COCCN1C(=O)C(=O)/C(=C(\O)c2ccc3c(c2)CC(C)O3)C1c1ccc(F)cc1. The van der Waals surface area contributed by atoms with E-state index in [9.17, 15) is 19.1 Å². The van der Waals surface area contributed by atoms with Gasteiger partial charge in [0, 0.05) is 25.6 Å². The van der Waals surface area contributed by atoms with Crippen molar-refractivity contribution in [2.75, 3.05) is 20.3 Å². The number of methoxy groups -OCH3 is 1. The van der Waals surface area contributed by atoms with Crippen LogP contribution in [0, 0.1) is 5.82 Å². The molecule has 0 aliphatic carbocycles. The Bertz CT molecular complexity index is 1030. The summed E-state index contributed by atoms with van der Waals surface area (Å²) in [4.78, 5) is 27.0. The lowest BCUT2D eigenvalue weighted by Gasteiger charge is -2.25. The van der Waals surface area contributed by atoms with Gasteiger partial charge in [-0.05, 0) is 48.4 Å². The molecule has 6 nitrogen and oxygen atoms in total. The first-order chi connectivity index (χ1) is 14.4. The van der Waals surface area contributed by atoms with Gasteiger partial charge in [-0.15, -0.1) is 0 Å². The number of carbonyl (C=O) groups is 2. The van der Waals surface area contributed by atoms with Gasteiger partial charge in [-0.25, -0.2) is 4.39 Å². The van der Waals surface area contributed by atoms with Gasteiger partial charge in [-0.2, -0.15) is 0 Å². The summed E-state index contributed by atoms with van der Waals surface area (Å²) in [5.41, 5.74) is 1.88. The van der Waals surface area contributed by atoms with Gasteiger partial charge in [-0.3, -0.25) is 9.59 Å². The first-order valence-corrected chi connectivity index (χ1v) is 9.73. The van der Waals surface area contributed by atoms with Gasteiger partial charge in [0.15, 0.2) is 0 Å². The van der Waals surface area contributed by atoms with Gasteiger partial charge < -0.3 is 19.5 Å². The Balaban J connectivity index is 1.82. The summed E-state index contributed by atoms with van der Waals surface area (Å²) in [6.07, 6.45) is 0.733. The first kappa shape index (κ1) is 20.1. The molecule has 0 spiro atoms. The van der Waals surface area contributed by atoms with Gasteiger partial charge in [0.1, 0.15) is 23.4 Å². The number of rotatable bonds is 5. The number of ether oxygens (including phenoxy) is 2. The van der Waals surface area contributed by atoms with E-state index < -0.39 is 23.5 Å². The highest BCUT2D eigenvalue weighted by Crippen LogP contribution is 2.40. The average molecular weight is 411 g/mol. The molecule has 2 atom stereocenters. The number of hydrogen-bond acceptors (Lipinski definition) is 5. The number of carbonyl (C=O) groups excluding carboxylic acids is 2. The molecule has 1 saturated heterocycles. The van der Waals surface area contributed by atoms with Gasteiger partial charge in [0.05, 0.1) is 18.2 Å². The van der Waals surface area contributed by atoms with Crippen LogP contribution in [-0.4, -0.2) is 48.1 Å². The lowest BCUT2D eigenvalue weighted by Crippen LogP contribution is -2.32. The molecular weight excluding hydrogens is 389 g/mol. The third-order valence-corrected chi connectivity index (χ3v) is 5.43. The summed E-state index contributed by atoms with van der Waals surface area (Å²) >= 11 is 0. The maximum Gasteiger partial charge on any atom is 0.295 e. The lowest BCUT2D eigenvalue weighted by atomic mass is 9.94. The summed E-state index contributed by atoms with van der Waals surface area (Å²) in [7, 11) is 1.50. The molecule has 4 rings (SSSR count). The molecule has 0 bridgehead atoms. The number of likely N-dealkylation sites (tertiary alicyclic amines) is 1. The number of nitrogens with zero attached hydrogens (tertiary/aromatic N) is 1. The molecule has 1 amide bonds. The number of halogens is 1. The third kappa shape index (κ3) is 3.45. The topological polar surface area (TPSA) is 76.1 Å². The molecule has 7 heteroatoms. The molecule has 2 aliphatic rings. The third-order valence-electron chi connectivity index (χ3n) is 5.43. The highest BCUT2D eigenvalue weighted by molar-refractivity contribution is 6.46. The standard InChI is InChI=1S/C23H22FNO5/c1-13-11-16-12-15(5-8-18(16)30-13)21(26)19-20(14-3-6-17(24)7-4-14)25(9-10-29-2)23(28)22(19)27/h3-8,12-13,20,26H,9-11H2,1-2H3/b21-19-. The van der Waals surface area contributed by atoms with Crippen molar-refractivity contribution in [3.8, 4) is 5.75 Å². The zero-order valence-corrected chi connectivity index (χ0v) is 16.7. The molecule has 2 unspecified atom stereocenters. The van der Waals surface area contributed by atoms with Crippen molar-refractivity contribution in [3.05, 3.63) is 70.5 Å². The largest absolute Gasteiger partial charge is 0.507 e. The van der Waals surface area contributed by atoms with Crippen LogP contribution in [0.3, 0.4) is 0 Å². The maximum absolute atomic E-state index is 13.5. The second kappa shape index (κ2) is 7.91. The molecule has 156 valence electrons. The van der Waals surface area contributed by atoms with Gasteiger partial charge in [-0.1, -0.05) is 12.1 Å². The Morgan fingerprint density at radius 1 is 1.23 bits per heavy atom. The van der Waals surface area contributed by atoms with Crippen molar-refractivity contribution in [1.29, 1.82) is 0 Å². The van der Waals surface area contributed by atoms with Crippen LogP contribution in [0.25, 0.3) is 5.76 Å². The maximum atomic E-state index is 13.5. The van der Waals surface area contributed by atoms with Crippen LogP contribution >= 0.6 is 0 Å². The van der Waals surface area contributed by atoms with Crippen LogP contribution in [0.2, 0.25) is 0 Å². The minimum absolute atomic E-state index is 0.0189. The van der Waals surface area contributed by atoms with Crippen LogP contribution in [-0.2, 0) is 20.7 Å². The molecule has 2 aromatic carbocycles. The van der Waals surface area contributed by atoms with E-state index in [1.54, 1.807) is 18.2 Å². The fraction of sp³-hybridized carbons (Fsp3) is 0.304. The summed E-state index contributed by atoms with van der Waals surface area (Å²) in [5.74, 6) is -1.44. The molecule has 30 heavy (non-hydrogen) atoms. The summed E-state index contributed by atoms with van der Waals surface area (Å²) in [6, 6.07) is 9.91. The van der Waals surface area contributed by atoms with Crippen molar-refractivity contribution in [3.63, 3.8) is 0 Å².